The molecular formula is C38H32Cl2F6N6O7. The Hall–Kier alpha value is -5.56. The van der Waals surface area contributed by atoms with Crippen molar-refractivity contribution < 1.29 is 60.1 Å². The number of fused-ring (bicyclic) bond motifs is 4. The minimum absolute atomic E-state index is 0.0345. The summed E-state index contributed by atoms with van der Waals surface area (Å²) in [5.74, 6) is -10.9. The predicted molar refractivity (Wildman–Crippen MR) is 198 cm³/mol. The number of ether oxygens (including phenoxy) is 2. The summed E-state index contributed by atoms with van der Waals surface area (Å²) in [5, 5.41) is 12.9. The number of phenolic OH excluding ortho intramolecular Hbond substituents is 1. The number of allylic oxidation sites excluding steroid dienone is 3. The Morgan fingerprint density at radius 1 is 0.746 bits per heavy atom. The first-order valence-corrected chi connectivity index (χ1v) is 18.5. The highest BCUT2D eigenvalue weighted by molar-refractivity contribution is 6.33. The van der Waals surface area contributed by atoms with Gasteiger partial charge in [-0.25, -0.2) is 9.97 Å². The van der Waals surface area contributed by atoms with Gasteiger partial charge in [-0.1, -0.05) is 47.0 Å². The molecule has 59 heavy (non-hydrogen) atoms. The second-order valence-corrected chi connectivity index (χ2v) is 15.0. The quantitative estimate of drug-likeness (QED) is 0.145. The number of carbonyl (C=O) groups excluding carboxylic acids is 4. The minimum Gasteiger partial charge on any atom is -0.502 e. The van der Waals surface area contributed by atoms with Gasteiger partial charge in [0.2, 0.25) is 5.75 Å². The fraction of sp³-hybridized carbons (Fsp3) is 0.368. The zero-order chi connectivity index (χ0) is 43.0. The monoisotopic (exact) mass is 868 g/mol. The first kappa shape index (κ1) is 41.6. The topological polar surface area (TPSA) is 146 Å². The molecule has 0 spiro atoms. The SMILES string of the molecule is COc1cc(C=C[C@H]2C3=CC[C@@H]4C(=O)N(N(C)c5nc(C(F)(F)F)ccc5Cl)C(=O)[C@@H]4[C@@H]3C[C@H]3C(=O)N(N(C)c4nc(C(F)(F)F)ccc4Cl)C(=O)[C@@H]23)cc(OC)c1O. The molecule has 6 atom stereocenters. The Kier molecular flexibility index (Phi) is 10.5. The summed E-state index contributed by atoms with van der Waals surface area (Å²) in [6.07, 6.45) is -5.11. The molecule has 3 fully saturated rings. The largest absolute Gasteiger partial charge is 0.502 e. The number of carbonyl (C=O) groups is 4. The third kappa shape index (κ3) is 6.96. The van der Waals surface area contributed by atoms with E-state index in [1.54, 1.807) is 18.2 Å². The molecule has 2 aliphatic carbocycles. The zero-order valence-corrected chi connectivity index (χ0v) is 32.7. The molecular weight excluding hydrogens is 837 g/mol. The lowest BCUT2D eigenvalue weighted by Gasteiger charge is -2.42. The van der Waals surface area contributed by atoms with Gasteiger partial charge in [-0.15, -0.1) is 0 Å². The lowest BCUT2D eigenvalue weighted by molar-refractivity contribution is -0.143. The average Bonchev–Trinajstić information content (AvgIpc) is 3.59. The molecule has 13 nitrogen and oxygen atoms in total. The van der Waals surface area contributed by atoms with Gasteiger partial charge in [0.05, 0.1) is 47.9 Å². The normalized spacial score (nSPS) is 24.3. The van der Waals surface area contributed by atoms with Crippen molar-refractivity contribution in [3.63, 3.8) is 0 Å². The number of nitrogens with zero attached hydrogens (tertiary/aromatic N) is 6. The Balaban J connectivity index is 1.30. The van der Waals surface area contributed by atoms with Crippen molar-refractivity contribution in [2.24, 2.45) is 35.5 Å². The highest BCUT2D eigenvalue weighted by Crippen LogP contribution is 2.56. The molecule has 0 bridgehead atoms. The number of aromatic hydroxyl groups is 1. The van der Waals surface area contributed by atoms with Gasteiger partial charge in [0.15, 0.2) is 23.1 Å². The van der Waals surface area contributed by atoms with Crippen molar-refractivity contribution in [2.75, 3.05) is 38.3 Å². The second-order valence-electron chi connectivity index (χ2n) is 14.2. The van der Waals surface area contributed by atoms with E-state index in [0.717, 1.165) is 36.2 Å². The molecule has 2 aromatic heterocycles. The van der Waals surface area contributed by atoms with Gasteiger partial charge >= 0.3 is 12.4 Å². The Bertz CT molecular complexity index is 2320. The summed E-state index contributed by atoms with van der Waals surface area (Å²) >= 11 is 12.5. The number of methoxy groups -OCH3 is 2. The van der Waals surface area contributed by atoms with E-state index in [1.165, 1.54) is 26.4 Å². The van der Waals surface area contributed by atoms with Crippen molar-refractivity contribution in [1.82, 2.24) is 20.0 Å². The van der Waals surface area contributed by atoms with Gasteiger partial charge in [0.25, 0.3) is 23.6 Å². The summed E-state index contributed by atoms with van der Waals surface area (Å²) in [5.41, 5.74) is -1.73. The fourth-order valence-corrected chi connectivity index (χ4v) is 8.91. The van der Waals surface area contributed by atoms with Crippen molar-refractivity contribution in [1.29, 1.82) is 0 Å². The summed E-state index contributed by atoms with van der Waals surface area (Å²) in [7, 11) is 4.96. The standard InChI is InChI=1S/C38H32Cl2F6N6O7/c1-49(31-22(39)9-11-26(47-31)37(41,42)43)51-33(54)19-8-7-17-18(6-5-16-13-24(58-3)30(53)25(14-16)59-4)28-21(15-20(17)29(19)36(51)57)34(55)52(35(28)56)50(2)32-23(40)10-12-27(48-32)38(44,45)46/h5-7,9-14,18-21,28-29,53H,8,15H2,1-4H3/t18-,19-,20+,21+,28-,29-/m0/s1. The van der Waals surface area contributed by atoms with E-state index >= 15 is 0 Å². The van der Waals surface area contributed by atoms with Crippen LogP contribution in [0.1, 0.15) is 29.8 Å². The highest BCUT2D eigenvalue weighted by Gasteiger charge is 2.63. The first-order chi connectivity index (χ1) is 27.7. The molecule has 0 unspecified atom stereocenters. The maximum absolute atomic E-state index is 14.5. The van der Waals surface area contributed by atoms with Crippen LogP contribution in [0.2, 0.25) is 10.0 Å². The van der Waals surface area contributed by atoms with Crippen LogP contribution >= 0.6 is 23.2 Å². The van der Waals surface area contributed by atoms with E-state index < -0.39 is 94.5 Å². The number of hydrogen-bond acceptors (Lipinski definition) is 11. The molecule has 2 saturated heterocycles. The van der Waals surface area contributed by atoms with Gasteiger partial charge in [0, 0.05) is 20.0 Å². The third-order valence-corrected chi connectivity index (χ3v) is 11.7. The lowest BCUT2D eigenvalue weighted by Crippen LogP contribution is -2.46. The number of phenols is 1. The van der Waals surface area contributed by atoms with E-state index in [1.807, 2.05) is 0 Å². The molecule has 312 valence electrons. The molecule has 1 N–H and O–H groups in total. The zero-order valence-electron chi connectivity index (χ0n) is 31.2. The van der Waals surface area contributed by atoms with Crippen LogP contribution in [0.4, 0.5) is 38.0 Å². The Morgan fingerprint density at radius 3 is 1.69 bits per heavy atom. The van der Waals surface area contributed by atoms with Crippen molar-refractivity contribution in [3.05, 3.63) is 81.1 Å². The fourth-order valence-electron chi connectivity index (χ4n) is 8.45. The van der Waals surface area contributed by atoms with E-state index in [2.05, 4.69) is 9.97 Å². The molecule has 1 saturated carbocycles. The number of anilines is 2. The van der Waals surface area contributed by atoms with E-state index in [9.17, 15) is 50.6 Å². The van der Waals surface area contributed by atoms with Crippen LogP contribution in [0.3, 0.4) is 0 Å². The van der Waals surface area contributed by atoms with Gasteiger partial charge in [-0.2, -0.15) is 36.4 Å². The summed E-state index contributed by atoms with van der Waals surface area (Å²) in [6.45, 7) is 0. The number of hydrogen-bond donors (Lipinski definition) is 1. The molecule has 1 aromatic carbocycles. The Labute approximate surface area is 341 Å². The van der Waals surface area contributed by atoms with Crippen molar-refractivity contribution >= 4 is 64.5 Å². The smallest absolute Gasteiger partial charge is 0.433 e. The number of rotatable bonds is 8. The lowest BCUT2D eigenvalue weighted by atomic mass is 9.58. The molecule has 7 rings (SSSR count). The highest BCUT2D eigenvalue weighted by atomic mass is 35.5. The molecule has 4 aliphatic rings. The summed E-state index contributed by atoms with van der Waals surface area (Å²) < 4.78 is 92.5. The molecule has 4 heterocycles. The number of aromatic nitrogens is 2. The van der Waals surface area contributed by atoms with E-state index in [-0.39, 0.29) is 40.1 Å². The maximum atomic E-state index is 14.5. The number of halogens is 8. The van der Waals surface area contributed by atoms with Gasteiger partial charge in [-0.3, -0.25) is 29.2 Å². The van der Waals surface area contributed by atoms with Crippen LogP contribution in [0.5, 0.6) is 17.2 Å². The molecule has 21 heteroatoms. The number of alkyl halides is 6. The van der Waals surface area contributed by atoms with Crippen LogP contribution in [-0.2, 0) is 31.5 Å². The van der Waals surface area contributed by atoms with E-state index in [4.69, 9.17) is 32.7 Å². The number of pyridine rings is 2. The van der Waals surface area contributed by atoms with Gasteiger partial charge < -0.3 is 14.6 Å². The Morgan fingerprint density at radius 2 is 1.22 bits per heavy atom. The van der Waals surface area contributed by atoms with Crippen LogP contribution in [0.25, 0.3) is 6.08 Å². The molecule has 3 aromatic rings. The van der Waals surface area contributed by atoms with Gasteiger partial charge in [0.1, 0.15) is 11.4 Å². The van der Waals surface area contributed by atoms with Crippen LogP contribution in [-0.4, -0.2) is 77.0 Å². The number of hydrazine groups is 2. The van der Waals surface area contributed by atoms with E-state index in [0.29, 0.717) is 33.3 Å². The predicted octanol–water partition coefficient (Wildman–Crippen LogP) is 6.83. The summed E-state index contributed by atoms with van der Waals surface area (Å²) in [6, 6.07) is 6.11. The number of benzene rings is 1. The molecule has 0 radical (unpaired) electrons. The summed E-state index contributed by atoms with van der Waals surface area (Å²) in [4.78, 5) is 64.4. The van der Waals surface area contributed by atoms with Crippen LogP contribution in [0.15, 0.2) is 54.1 Å². The minimum atomic E-state index is -4.89. The second kappa shape index (κ2) is 14.9. The average molecular weight is 870 g/mol. The van der Waals surface area contributed by atoms with Crippen LogP contribution in [0, 0.1) is 35.5 Å². The molecule has 4 amide bonds. The number of imide groups is 2. The first-order valence-electron chi connectivity index (χ1n) is 17.7. The maximum Gasteiger partial charge on any atom is 0.433 e. The molecule has 2 aliphatic heterocycles. The third-order valence-electron chi connectivity index (χ3n) is 11.1. The van der Waals surface area contributed by atoms with Crippen LogP contribution < -0.4 is 19.5 Å². The van der Waals surface area contributed by atoms with Crippen molar-refractivity contribution in [2.45, 2.75) is 25.2 Å². The van der Waals surface area contributed by atoms with Gasteiger partial charge in [-0.05, 0) is 60.7 Å². The number of amides is 4. The van der Waals surface area contributed by atoms with Crippen molar-refractivity contribution in [3.8, 4) is 17.2 Å².